The molecule has 1 aliphatic rings. The fraction of sp³-hybridized carbons (Fsp3) is 0.200. The van der Waals surface area contributed by atoms with E-state index in [1.54, 1.807) is 0 Å². The molecule has 3 rings (SSSR count). The molecule has 2 aromatic carbocycles. The Labute approximate surface area is 113 Å². The average Bonchev–Trinajstić information content (AvgIpc) is 2.41. The highest BCUT2D eigenvalue weighted by Crippen LogP contribution is 2.41. The van der Waals surface area contributed by atoms with Crippen LogP contribution in [0.5, 0.6) is 5.75 Å². The topological polar surface area (TPSA) is 29.5 Å². The lowest BCUT2D eigenvalue weighted by molar-refractivity contribution is 0.0652. The zero-order valence-electron chi connectivity index (χ0n) is 10.3. The van der Waals surface area contributed by atoms with Gasteiger partial charge in [0.05, 0.1) is 6.10 Å². The lowest BCUT2D eigenvalue weighted by atomic mass is 9.95. The van der Waals surface area contributed by atoms with Crippen molar-refractivity contribution in [2.24, 2.45) is 0 Å². The first-order valence-corrected chi connectivity index (χ1v) is 6.13. The fourth-order valence-corrected chi connectivity index (χ4v) is 2.33. The summed E-state index contributed by atoms with van der Waals surface area (Å²) < 4.78 is 44.9. The molecule has 0 aliphatic carbocycles. The lowest BCUT2D eigenvalue weighted by Gasteiger charge is -2.30. The molecule has 1 heterocycles. The van der Waals surface area contributed by atoms with Crippen molar-refractivity contribution in [3.8, 4) is 5.75 Å². The van der Waals surface area contributed by atoms with Gasteiger partial charge in [0.25, 0.3) is 0 Å². The molecular weight excluding hydrogens is 269 g/mol. The molecule has 0 fully saturated rings. The highest BCUT2D eigenvalue weighted by molar-refractivity contribution is 5.39. The van der Waals surface area contributed by atoms with E-state index in [0.29, 0.717) is 11.1 Å². The van der Waals surface area contributed by atoms with Crippen molar-refractivity contribution in [2.45, 2.75) is 18.6 Å². The second-order valence-electron chi connectivity index (χ2n) is 4.71. The Balaban J connectivity index is 1.96. The van der Waals surface area contributed by atoms with E-state index in [1.807, 2.05) is 0 Å². The van der Waals surface area contributed by atoms with Crippen molar-refractivity contribution in [3.63, 3.8) is 0 Å². The van der Waals surface area contributed by atoms with Gasteiger partial charge in [-0.05, 0) is 29.8 Å². The normalized spacial score (nSPS) is 21.2. The van der Waals surface area contributed by atoms with Gasteiger partial charge in [-0.2, -0.15) is 0 Å². The van der Waals surface area contributed by atoms with Crippen molar-refractivity contribution in [2.75, 3.05) is 0 Å². The van der Waals surface area contributed by atoms with Crippen LogP contribution in [0.2, 0.25) is 0 Å². The number of hydrogen-bond acceptors (Lipinski definition) is 2. The van der Waals surface area contributed by atoms with Crippen molar-refractivity contribution in [1.29, 1.82) is 0 Å². The first kappa shape index (κ1) is 13.0. The van der Waals surface area contributed by atoms with Crippen LogP contribution in [-0.2, 0) is 0 Å². The summed E-state index contributed by atoms with van der Waals surface area (Å²) in [6.07, 6.45) is -1.28. The fourth-order valence-electron chi connectivity index (χ4n) is 2.33. The molecular formula is C15H11F3O2. The highest BCUT2D eigenvalue weighted by Gasteiger charge is 2.28. The van der Waals surface area contributed by atoms with Crippen LogP contribution in [0.1, 0.15) is 29.8 Å². The van der Waals surface area contributed by atoms with Gasteiger partial charge in [-0.25, -0.2) is 13.2 Å². The van der Waals surface area contributed by atoms with E-state index in [-0.39, 0.29) is 12.2 Å². The SMILES string of the molecule is O[C@H]1CC(c2ccc(F)c(F)c2)Oc2cc(F)ccc21. The Morgan fingerprint density at radius 1 is 1.00 bits per heavy atom. The molecule has 0 radical (unpaired) electrons. The van der Waals surface area contributed by atoms with E-state index >= 15 is 0 Å². The summed E-state index contributed by atoms with van der Waals surface area (Å²) in [5.41, 5.74) is 0.892. The molecule has 0 saturated heterocycles. The van der Waals surface area contributed by atoms with Crippen LogP contribution < -0.4 is 4.74 Å². The van der Waals surface area contributed by atoms with Crippen LogP contribution in [0.15, 0.2) is 36.4 Å². The zero-order chi connectivity index (χ0) is 14.3. The maximum absolute atomic E-state index is 13.2. The van der Waals surface area contributed by atoms with E-state index < -0.39 is 29.7 Å². The van der Waals surface area contributed by atoms with Gasteiger partial charge in [-0.15, -0.1) is 0 Å². The smallest absolute Gasteiger partial charge is 0.159 e. The van der Waals surface area contributed by atoms with Gasteiger partial charge in [0, 0.05) is 18.1 Å². The second kappa shape index (κ2) is 4.83. The molecule has 1 unspecified atom stereocenters. The summed E-state index contributed by atoms with van der Waals surface area (Å²) in [7, 11) is 0. The molecule has 2 nitrogen and oxygen atoms in total. The predicted octanol–water partition coefficient (Wildman–Crippen LogP) is 3.66. The Morgan fingerprint density at radius 2 is 1.80 bits per heavy atom. The molecule has 20 heavy (non-hydrogen) atoms. The molecule has 2 aromatic rings. The molecule has 1 aliphatic heterocycles. The molecule has 0 spiro atoms. The lowest BCUT2D eigenvalue weighted by Crippen LogP contribution is -2.19. The Kier molecular flexibility index (Phi) is 3.14. The number of fused-ring (bicyclic) bond motifs is 1. The maximum Gasteiger partial charge on any atom is 0.159 e. The summed E-state index contributed by atoms with van der Waals surface area (Å²) in [5, 5.41) is 10.0. The first-order valence-electron chi connectivity index (χ1n) is 6.13. The van der Waals surface area contributed by atoms with E-state index in [2.05, 4.69) is 0 Å². The number of ether oxygens (including phenoxy) is 1. The van der Waals surface area contributed by atoms with Gasteiger partial charge in [-0.1, -0.05) is 6.07 Å². The van der Waals surface area contributed by atoms with Crippen LogP contribution in [0.3, 0.4) is 0 Å². The molecule has 1 N–H and O–H groups in total. The maximum atomic E-state index is 13.2. The largest absolute Gasteiger partial charge is 0.485 e. The van der Waals surface area contributed by atoms with Crippen LogP contribution in [0.4, 0.5) is 13.2 Å². The Morgan fingerprint density at radius 3 is 2.55 bits per heavy atom. The number of benzene rings is 2. The summed E-state index contributed by atoms with van der Waals surface area (Å²) >= 11 is 0. The summed E-state index contributed by atoms with van der Waals surface area (Å²) in [5.74, 6) is -2.19. The van der Waals surface area contributed by atoms with E-state index in [0.717, 1.165) is 12.1 Å². The molecule has 0 amide bonds. The number of rotatable bonds is 1. The van der Waals surface area contributed by atoms with Gasteiger partial charge in [-0.3, -0.25) is 0 Å². The minimum atomic E-state index is -0.981. The van der Waals surface area contributed by atoms with E-state index in [1.165, 1.54) is 24.3 Å². The first-order chi connectivity index (χ1) is 9.54. The van der Waals surface area contributed by atoms with Crippen molar-refractivity contribution >= 4 is 0 Å². The Bertz CT molecular complexity index is 658. The molecule has 104 valence electrons. The third-order valence-corrected chi connectivity index (χ3v) is 3.36. The van der Waals surface area contributed by atoms with Crippen molar-refractivity contribution in [1.82, 2.24) is 0 Å². The Hall–Kier alpha value is -2.01. The number of aliphatic hydroxyl groups is 1. The third-order valence-electron chi connectivity index (χ3n) is 3.36. The van der Waals surface area contributed by atoms with E-state index in [4.69, 9.17) is 4.74 Å². The van der Waals surface area contributed by atoms with Gasteiger partial charge in [0.2, 0.25) is 0 Å². The van der Waals surface area contributed by atoms with Crippen LogP contribution >= 0.6 is 0 Å². The summed E-state index contributed by atoms with van der Waals surface area (Å²) in [4.78, 5) is 0. The van der Waals surface area contributed by atoms with E-state index in [9.17, 15) is 18.3 Å². The molecule has 0 aromatic heterocycles. The molecule has 0 saturated carbocycles. The zero-order valence-corrected chi connectivity index (χ0v) is 10.3. The van der Waals surface area contributed by atoms with Crippen LogP contribution in [0, 0.1) is 17.5 Å². The summed E-state index contributed by atoms with van der Waals surface area (Å²) in [6, 6.07) is 7.28. The number of halogens is 3. The monoisotopic (exact) mass is 280 g/mol. The number of aliphatic hydroxyl groups excluding tert-OH is 1. The van der Waals surface area contributed by atoms with Crippen LogP contribution in [0.25, 0.3) is 0 Å². The van der Waals surface area contributed by atoms with Gasteiger partial charge in [0.1, 0.15) is 17.7 Å². The standard InChI is InChI=1S/C15H11F3O2/c16-9-2-3-10-13(19)7-14(20-15(10)6-9)8-1-4-11(17)12(18)5-8/h1-6,13-14,19H,7H2/t13-,14?/m0/s1. The quantitative estimate of drug-likeness (QED) is 0.863. The van der Waals surface area contributed by atoms with Gasteiger partial charge >= 0.3 is 0 Å². The number of hydrogen-bond donors (Lipinski definition) is 1. The third kappa shape index (κ3) is 2.25. The van der Waals surface area contributed by atoms with Gasteiger partial charge < -0.3 is 9.84 Å². The molecule has 5 heteroatoms. The summed E-state index contributed by atoms with van der Waals surface area (Å²) in [6.45, 7) is 0. The second-order valence-corrected chi connectivity index (χ2v) is 4.71. The highest BCUT2D eigenvalue weighted by atomic mass is 19.2. The minimum absolute atomic E-state index is 0.198. The predicted molar refractivity (Wildman–Crippen MR) is 65.7 cm³/mol. The van der Waals surface area contributed by atoms with Crippen molar-refractivity contribution < 1.29 is 23.0 Å². The average molecular weight is 280 g/mol. The van der Waals surface area contributed by atoms with Crippen LogP contribution in [-0.4, -0.2) is 5.11 Å². The van der Waals surface area contributed by atoms with Crippen molar-refractivity contribution in [3.05, 3.63) is 65.0 Å². The van der Waals surface area contributed by atoms with Gasteiger partial charge in [0.15, 0.2) is 11.6 Å². The minimum Gasteiger partial charge on any atom is -0.485 e. The molecule has 2 atom stereocenters. The molecule has 0 bridgehead atoms.